The van der Waals surface area contributed by atoms with E-state index >= 15 is 0 Å². The molecule has 1 atom stereocenters. The van der Waals surface area contributed by atoms with Crippen LogP contribution in [0.1, 0.15) is 43.4 Å². The smallest absolute Gasteiger partial charge is 0.0208 e. The van der Waals surface area contributed by atoms with Crippen LogP contribution < -0.4 is 5.32 Å². The van der Waals surface area contributed by atoms with E-state index in [0.29, 0.717) is 5.92 Å². The van der Waals surface area contributed by atoms with Crippen LogP contribution in [-0.2, 0) is 13.0 Å². The molecule has 0 aliphatic carbocycles. The molecular formula is C14H21N. The van der Waals surface area contributed by atoms with Crippen molar-refractivity contribution in [1.29, 1.82) is 0 Å². The van der Waals surface area contributed by atoms with Gasteiger partial charge in [0, 0.05) is 13.1 Å². The lowest BCUT2D eigenvalue weighted by Gasteiger charge is -2.24. The van der Waals surface area contributed by atoms with Gasteiger partial charge in [-0.3, -0.25) is 0 Å². The first-order chi connectivity index (χ1) is 7.16. The lowest BCUT2D eigenvalue weighted by atomic mass is 9.89. The highest BCUT2D eigenvalue weighted by Gasteiger charge is 2.15. The molecule has 15 heavy (non-hydrogen) atoms. The summed E-state index contributed by atoms with van der Waals surface area (Å²) in [7, 11) is 0. The van der Waals surface area contributed by atoms with E-state index in [9.17, 15) is 0 Å². The third-order valence-electron chi connectivity index (χ3n) is 3.15. The number of hydrogen-bond donors (Lipinski definition) is 1. The van der Waals surface area contributed by atoms with Gasteiger partial charge < -0.3 is 5.32 Å². The second kappa shape index (κ2) is 4.36. The Labute approximate surface area is 92.9 Å². The molecule has 0 fully saturated rings. The van der Waals surface area contributed by atoms with Crippen molar-refractivity contribution in [2.75, 3.05) is 6.54 Å². The summed E-state index contributed by atoms with van der Waals surface area (Å²) >= 11 is 0. The van der Waals surface area contributed by atoms with Gasteiger partial charge in [0.05, 0.1) is 0 Å². The second-order valence-electron chi connectivity index (χ2n) is 5.16. The Hall–Kier alpha value is -0.820. The maximum atomic E-state index is 3.47. The quantitative estimate of drug-likeness (QED) is 0.779. The van der Waals surface area contributed by atoms with Gasteiger partial charge in [-0.05, 0) is 34.9 Å². The standard InChI is InChI=1S/C14H21N/c1-10(2)6-12-4-5-14-11(3)8-15-9-13(14)7-12/h4-5,7,10-11,15H,6,8-9H2,1-3H3. The van der Waals surface area contributed by atoms with Crippen LogP contribution in [-0.4, -0.2) is 6.54 Å². The van der Waals surface area contributed by atoms with Crippen LogP contribution in [0.3, 0.4) is 0 Å². The summed E-state index contributed by atoms with van der Waals surface area (Å²) in [5.41, 5.74) is 4.54. The predicted octanol–water partition coefficient (Wildman–Crippen LogP) is 3.09. The minimum absolute atomic E-state index is 0.668. The van der Waals surface area contributed by atoms with E-state index in [1.165, 1.54) is 17.5 Å². The van der Waals surface area contributed by atoms with Crippen LogP contribution in [0.4, 0.5) is 0 Å². The number of rotatable bonds is 2. The fourth-order valence-electron chi connectivity index (χ4n) is 2.42. The molecule has 0 aromatic heterocycles. The topological polar surface area (TPSA) is 12.0 Å². The first-order valence-electron chi connectivity index (χ1n) is 5.99. The van der Waals surface area contributed by atoms with Gasteiger partial charge in [-0.25, -0.2) is 0 Å². The van der Waals surface area contributed by atoms with E-state index in [2.05, 4.69) is 44.3 Å². The lowest BCUT2D eigenvalue weighted by molar-refractivity contribution is 0.568. The summed E-state index contributed by atoms with van der Waals surface area (Å²) in [5.74, 6) is 1.42. The summed E-state index contributed by atoms with van der Waals surface area (Å²) in [6, 6.07) is 7.02. The first-order valence-corrected chi connectivity index (χ1v) is 5.99. The largest absolute Gasteiger partial charge is 0.312 e. The van der Waals surface area contributed by atoms with Gasteiger partial charge in [-0.2, -0.15) is 0 Å². The zero-order valence-electron chi connectivity index (χ0n) is 10.0. The molecule has 0 amide bonds. The van der Waals surface area contributed by atoms with Gasteiger partial charge in [0.2, 0.25) is 0 Å². The van der Waals surface area contributed by atoms with Crippen LogP contribution in [0.25, 0.3) is 0 Å². The van der Waals surface area contributed by atoms with Gasteiger partial charge in [0.15, 0.2) is 0 Å². The van der Waals surface area contributed by atoms with Gasteiger partial charge in [-0.1, -0.05) is 39.0 Å². The molecule has 1 aliphatic rings. The SMILES string of the molecule is CC(C)Cc1ccc2c(c1)CNCC2C. The van der Waals surface area contributed by atoms with Gasteiger partial charge in [0.25, 0.3) is 0 Å². The molecule has 1 N–H and O–H groups in total. The molecule has 0 radical (unpaired) electrons. The minimum atomic E-state index is 0.668. The summed E-state index contributed by atoms with van der Waals surface area (Å²) < 4.78 is 0. The third kappa shape index (κ3) is 2.40. The Morgan fingerprint density at radius 1 is 1.40 bits per heavy atom. The van der Waals surface area contributed by atoms with Crippen molar-refractivity contribution >= 4 is 0 Å². The lowest BCUT2D eigenvalue weighted by Crippen LogP contribution is -2.26. The Morgan fingerprint density at radius 2 is 2.20 bits per heavy atom. The molecule has 0 saturated heterocycles. The fraction of sp³-hybridized carbons (Fsp3) is 0.571. The Morgan fingerprint density at radius 3 is 2.93 bits per heavy atom. The van der Waals surface area contributed by atoms with E-state index in [0.717, 1.165) is 19.0 Å². The predicted molar refractivity (Wildman–Crippen MR) is 65.1 cm³/mol. The van der Waals surface area contributed by atoms with Crippen molar-refractivity contribution in [3.05, 3.63) is 34.9 Å². The van der Waals surface area contributed by atoms with Crippen molar-refractivity contribution in [2.24, 2.45) is 5.92 Å². The number of hydrogen-bond acceptors (Lipinski definition) is 1. The van der Waals surface area contributed by atoms with Crippen molar-refractivity contribution < 1.29 is 0 Å². The average Bonchev–Trinajstić information content (AvgIpc) is 2.17. The van der Waals surface area contributed by atoms with Crippen LogP contribution in [0.2, 0.25) is 0 Å². The number of benzene rings is 1. The van der Waals surface area contributed by atoms with E-state index in [-0.39, 0.29) is 0 Å². The highest BCUT2D eigenvalue weighted by molar-refractivity contribution is 5.36. The molecule has 1 nitrogen and oxygen atoms in total. The van der Waals surface area contributed by atoms with Crippen molar-refractivity contribution in [3.63, 3.8) is 0 Å². The zero-order valence-corrected chi connectivity index (χ0v) is 10.0. The molecule has 1 aromatic carbocycles. The first kappa shape index (κ1) is 10.7. The third-order valence-corrected chi connectivity index (χ3v) is 3.15. The van der Waals surface area contributed by atoms with E-state index in [1.807, 2.05) is 0 Å². The van der Waals surface area contributed by atoms with Crippen molar-refractivity contribution in [3.8, 4) is 0 Å². The zero-order chi connectivity index (χ0) is 10.8. The van der Waals surface area contributed by atoms with E-state index in [1.54, 1.807) is 5.56 Å². The second-order valence-corrected chi connectivity index (χ2v) is 5.16. The molecule has 0 bridgehead atoms. The Bertz CT molecular complexity index is 341. The average molecular weight is 203 g/mol. The number of nitrogens with one attached hydrogen (secondary N) is 1. The molecule has 82 valence electrons. The fourth-order valence-corrected chi connectivity index (χ4v) is 2.42. The summed E-state index contributed by atoms with van der Waals surface area (Å²) in [5, 5.41) is 3.47. The molecule has 1 heteroatoms. The molecule has 1 heterocycles. The van der Waals surface area contributed by atoms with Crippen molar-refractivity contribution in [1.82, 2.24) is 5.32 Å². The molecule has 2 rings (SSSR count). The normalized spacial score (nSPS) is 20.4. The highest BCUT2D eigenvalue weighted by atomic mass is 14.9. The van der Waals surface area contributed by atoms with Crippen LogP contribution in [0.5, 0.6) is 0 Å². The molecule has 1 unspecified atom stereocenters. The van der Waals surface area contributed by atoms with E-state index in [4.69, 9.17) is 0 Å². The number of fused-ring (bicyclic) bond motifs is 1. The van der Waals surface area contributed by atoms with Crippen LogP contribution >= 0.6 is 0 Å². The Kier molecular flexibility index (Phi) is 3.11. The molecular weight excluding hydrogens is 182 g/mol. The van der Waals surface area contributed by atoms with E-state index < -0.39 is 0 Å². The molecule has 1 aromatic rings. The van der Waals surface area contributed by atoms with Gasteiger partial charge in [-0.15, -0.1) is 0 Å². The minimum Gasteiger partial charge on any atom is -0.312 e. The molecule has 0 spiro atoms. The van der Waals surface area contributed by atoms with Crippen LogP contribution in [0.15, 0.2) is 18.2 Å². The van der Waals surface area contributed by atoms with Crippen molar-refractivity contribution in [2.45, 2.75) is 39.7 Å². The van der Waals surface area contributed by atoms with Gasteiger partial charge in [0.1, 0.15) is 0 Å². The molecule has 1 aliphatic heterocycles. The summed E-state index contributed by atoms with van der Waals surface area (Å²) in [6.45, 7) is 9.02. The maximum absolute atomic E-state index is 3.47. The van der Waals surface area contributed by atoms with Gasteiger partial charge >= 0.3 is 0 Å². The monoisotopic (exact) mass is 203 g/mol. The summed E-state index contributed by atoms with van der Waals surface area (Å²) in [6.07, 6.45) is 1.20. The molecule has 0 saturated carbocycles. The maximum Gasteiger partial charge on any atom is 0.0208 e. The van der Waals surface area contributed by atoms with Crippen LogP contribution in [0, 0.1) is 5.92 Å². The summed E-state index contributed by atoms with van der Waals surface area (Å²) in [4.78, 5) is 0. The highest BCUT2D eigenvalue weighted by Crippen LogP contribution is 2.25. The Balaban J connectivity index is 2.25.